The summed E-state index contributed by atoms with van der Waals surface area (Å²) >= 11 is 8.29. The fourth-order valence-electron chi connectivity index (χ4n) is 2.83. The van der Waals surface area contributed by atoms with Crippen molar-refractivity contribution in [2.24, 2.45) is 0 Å². The molecule has 0 bridgehead atoms. The minimum Gasteiger partial charge on any atom is -0.340 e. The molecule has 0 radical (unpaired) electrons. The van der Waals surface area contributed by atoms with Crippen molar-refractivity contribution in [3.8, 4) is 0 Å². The average molecular weight is 447 g/mol. The normalized spacial score (nSPS) is 15.9. The van der Waals surface area contributed by atoms with Gasteiger partial charge in [-0.05, 0) is 31.2 Å². The van der Waals surface area contributed by atoms with E-state index in [-0.39, 0.29) is 41.8 Å². The quantitative estimate of drug-likeness (QED) is 0.638. The zero-order valence-electron chi connectivity index (χ0n) is 14.7. The van der Waals surface area contributed by atoms with Gasteiger partial charge in [0, 0.05) is 43.9 Å². The number of sulfonamides is 1. The number of carbonyl (C=O) groups excluding carboxylic acids is 2. The molecule has 0 spiro atoms. The first-order valence-corrected chi connectivity index (χ1v) is 11.9. The number of nitrogens with zero attached hydrogens (tertiary/aromatic N) is 2. The SMILES string of the molecule is Cc1ccc(C(=O)CCC(=O)N2CCN(S(=O)(=O)c3ccc(Cl)s3)CC2)s1. The molecule has 1 aliphatic rings. The number of halogens is 1. The zero-order valence-corrected chi connectivity index (χ0v) is 17.9. The van der Waals surface area contributed by atoms with E-state index in [4.69, 9.17) is 11.6 Å². The van der Waals surface area contributed by atoms with Gasteiger partial charge in [0.25, 0.3) is 10.0 Å². The number of Topliss-reactive ketones (excluding diaryl/α,β-unsaturated/α-hetero) is 1. The Kier molecular flexibility index (Phi) is 6.37. The van der Waals surface area contributed by atoms with Crippen LogP contribution in [0.1, 0.15) is 27.4 Å². The van der Waals surface area contributed by atoms with Gasteiger partial charge in [-0.3, -0.25) is 9.59 Å². The summed E-state index contributed by atoms with van der Waals surface area (Å²) in [5.74, 6) is -0.148. The largest absolute Gasteiger partial charge is 0.340 e. The number of thiophene rings is 2. The number of amides is 1. The Labute approximate surface area is 171 Å². The number of hydrogen-bond acceptors (Lipinski definition) is 6. The molecule has 146 valence electrons. The third-order valence-corrected chi connectivity index (χ3v) is 8.95. The lowest BCUT2D eigenvalue weighted by molar-refractivity contribution is -0.132. The molecule has 1 aliphatic heterocycles. The monoisotopic (exact) mass is 446 g/mol. The van der Waals surface area contributed by atoms with Crippen molar-refractivity contribution in [2.45, 2.75) is 24.0 Å². The highest BCUT2D eigenvalue weighted by molar-refractivity contribution is 7.91. The molecule has 0 aromatic carbocycles. The molecule has 10 heteroatoms. The van der Waals surface area contributed by atoms with E-state index < -0.39 is 10.0 Å². The molecule has 0 unspecified atom stereocenters. The summed E-state index contributed by atoms with van der Waals surface area (Å²) in [6.07, 6.45) is 0.314. The number of aryl methyl sites for hydroxylation is 1. The molecule has 0 N–H and O–H groups in total. The summed E-state index contributed by atoms with van der Waals surface area (Å²) in [5.41, 5.74) is 0. The molecule has 1 saturated heterocycles. The molecule has 0 saturated carbocycles. The van der Waals surface area contributed by atoms with Crippen molar-refractivity contribution >= 4 is 56.0 Å². The van der Waals surface area contributed by atoms with E-state index in [1.54, 1.807) is 17.0 Å². The molecule has 0 atom stereocenters. The minimum atomic E-state index is -3.57. The van der Waals surface area contributed by atoms with Crippen molar-refractivity contribution in [3.63, 3.8) is 0 Å². The molecule has 3 heterocycles. The fraction of sp³-hybridized carbons (Fsp3) is 0.412. The first-order chi connectivity index (χ1) is 12.8. The van der Waals surface area contributed by atoms with E-state index in [1.165, 1.54) is 21.7 Å². The van der Waals surface area contributed by atoms with E-state index >= 15 is 0 Å². The van der Waals surface area contributed by atoms with Crippen LogP contribution in [0, 0.1) is 6.92 Å². The standard InChI is InChI=1S/C17H19ClN2O4S3/c1-12-2-4-14(25-12)13(21)3-6-16(22)19-8-10-20(11-9-19)27(23,24)17-7-5-15(18)26-17/h2,4-5,7H,3,6,8-11H2,1H3. The number of piperazine rings is 1. The van der Waals surface area contributed by atoms with Crippen LogP contribution in [0.15, 0.2) is 28.5 Å². The van der Waals surface area contributed by atoms with Crippen LogP contribution in [-0.2, 0) is 14.8 Å². The zero-order chi connectivity index (χ0) is 19.6. The van der Waals surface area contributed by atoms with Crippen LogP contribution in [0.4, 0.5) is 0 Å². The van der Waals surface area contributed by atoms with Gasteiger partial charge in [0.05, 0.1) is 9.21 Å². The minimum absolute atomic E-state index is 0.0303. The molecule has 0 aliphatic carbocycles. The lowest BCUT2D eigenvalue weighted by Crippen LogP contribution is -2.50. The summed E-state index contributed by atoms with van der Waals surface area (Å²) in [6.45, 7) is 3.06. The molecular formula is C17H19ClN2O4S3. The van der Waals surface area contributed by atoms with Gasteiger partial charge in [0.15, 0.2) is 5.78 Å². The van der Waals surface area contributed by atoms with Crippen LogP contribution in [0.5, 0.6) is 0 Å². The van der Waals surface area contributed by atoms with Crippen molar-refractivity contribution < 1.29 is 18.0 Å². The first kappa shape index (κ1) is 20.5. The van der Waals surface area contributed by atoms with Gasteiger partial charge >= 0.3 is 0 Å². The van der Waals surface area contributed by atoms with Crippen LogP contribution < -0.4 is 0 Å². The van der Waals surface area contributed by atoms with Crippen molar-refractivity contribution in [1.29, 1.82) is 0 Å². The summed E-state index contributed by atoms with van der Waals surface area (Å²) in [4.78, 5) is 27.9. The Morgan fingerprint density at radius 3 is 2.30 bits per heavy atom. The van der Waals surface area contributed by atoms with E-state index in [2.05, 4.69) is 0 Å². The van der Waals surface area contributed by atoms with Crippen LogP contribution in [0.25, 0.3) is 0 Å². The van der Waals surface area contributed by atoms with E-state index in [0.717, 1.165) is 16.2 Å². The molecule has 27 heavy (non-hydrogen) atoms. The Morgan fingerprint density at radius 1 is 1.04 bits per heavy atom. The summed E-state index contributed by atoms with van der Waals surface area (Å²) in [6, 6.07) is 6.73. The maximum absolute atomic E-state index is 12.6. The topological polar surface area (TPSA) is 74.8 Å². The Morgan fingerprint density at radius 2 is 1.74 bits per heavy atom. The number of carbonyl (C=O) groups is 2. The summed E-state index contributed by atoms with van der Waals surface area (Å²) in [5, 5.41) is 0. The van der Waals surface area contributed by atoms with Gasteiger partial charge in [-0.15, -0.1) is 22.7 Å². The third-order valence-electron chi connectivity index (χ3n) is 4.32. The van der Waals surface area contributed by atoms with Crippen molar-refractivity contribution in [1.82, 2.24) is 9.21 Å². The molecular weight excluding hydrogens is 428 g/mol. The fourth-order valence-corrected chi connectivity index (χ4v) is 6.72. The highest BCUT2D eigenvalue weighted by atomic mass is 35.5. The van der Waals surface area contributed by atoms with Crippen LogP contribution >= 0.6 is 34.3 Å². The van der Waals surface area contributed by atoms with Crippen LogP contribution in [0.2, 0.25) is 4.34 Å². The van der Waals surface area contributed by atoms with E-state index in [9.17, 15) is 18.0 Å². The second kappa shape index (κ2) is 8.40. The second-order valence-electron chi connectivity index (χ2n) is 6.18. The van der Waals surface area contributed by atoms with Crippen molar-refractivity contribution in [2.75, 3.05) is 26.2 Å². The molecule has 6 nitrogen and oxygen atoms in total. The molecule has 3 rings (SSSR count). The lowest BCUT2D eigenvalue weighted by atomic mass is 10.1. The van der Waals surface area contributed by atoms with E-state index in [1.807, 2.05) is 13.0 Å². The van der Waals surface area contributed by atoms with Gasteiger partial charge in [0.1, 0.15) is 4.21 Å². The van der Waals surface area contributed by atoms with Crippen LogP contribution in [-0.4, -0.2) is 55.5 Å². The Hall–Kier alpha value is -1.26. The Balaban J connectivity index is 1.51. The smallest absolute Gasteiger partial charge is 0.252 e. The molecule has 1 fully saturated rings. The Bertz CT molecular complexity index is 943. The predicted octanol–water partition coefficient (Wildman–Crippen LogP) is 3.27. The molecule has 2 aromatic rings. The van der Waals surface area contributed by atoms with Gasteiger partial charge in [-0.25, -0.2) is 8.42 Å². The van der Waals surface area contributed by atoms with Gasteiger partial charge in [-0.1, -0.05) is 11.6 Å². The summed E-state index contributed by atoms with van der Waals surface area (Å²) in [7, 11) is -3.57. The lowest BCUT2D eigenvalue weighted by Gasteiger charge is -2.33. The maximum atomic E-state index is 12.6. The van der Waals surface area contributed by atoms with Gasteiger partial charge in [-0.2, -0.15) is 4.31 Å². The van der Waals surface area contributed by atoms with Crippen LogP contribution in [0.3, 0.4) is 0 Å². The van der Waals surface area contributed by atoms with Crippen molar-refractivity contribution in [3.05, 3.63) is 38.4 Å². The predicted molar refractivity (Wildman–Crippen MR) is 107 cm³/mol. The summed E-state index contributed by atoms with van der Waals surface area (Å²) < 4.78 is 27.2. The van der Waals surface area contributed by atoms with Gasteiger partial charge in [0.2, 0.25) is 5.91 Å². The third kappa shape index (κ3) is 4.78. The van der Waals surface area contributed by atoms with E-state index in [0.29, 0.717) is 22.3 Å². The highest BCUT2D eigenvalue weighted by Gasteiger charge is 2.31. The molecule has 2 aromatic heterocycles. The first-order valence-electron chi connectivity index (χ1n) is 8.40. The number of hydrogen-bond donors (Lipinski definition) is 0. The average Bonchev–Trinajstić information content (AvgIpc) is 3.28. The molecule has 1 amide bonds. The van der Waals surface area contributed by atoms with Gasteiger partial charge < -0.3 is 4.90 Å². The number of ketones is 1. The highest BCUT2D eigenvalue weighted by Crippen LogP contribution is 2.28. The second-order valence-corrected chi connectivity index (χ2v) is 11.3. The number of rotatable bonds is 6. The maximum Gasteiger partial charge on any atom is 0.252 e.